The number of hydrogen-bond acceptors (Lipinski definition) is 4. The van der Waals surface area contributed by atoms with Gasteiger partial charge in [-0.05, 0) is 0 Å². The fourth-order valence-electron chi connectivity index (χ4n) is 0.527. The molecule has 76 valence electrons. The molecule has 0 bridgehead atoms. The number of carboxylic acids is 1. The monoisotopic (exact) mass is 190 g/mol. The van der Waals surface area contributed by atoms with Crippen molar-refractivity contribution >= 4 is 5.97 Å². The van der Waals surface area contributed by atoms with E-state index < -0.39 is 5.97 Å². The molecule has 0 aromatic carbocycles. The summed E-state index contributed by atoms with van der Waals surface area (Å²) in [5.74, 6) is -0.880. The van der Waals surface area contributed by atoms with Gasteiger partial charge in [0, 0.05) is 0 Å². The number of carbonyl (C=O) groups is 1. The van der Waals surface area contributed by atoms with Crippen LogP contribution in [0.4, 0.5) is 0 Å². The zero-order valence-corrected chi connectivity index (χ0v) is 7.40. The molecule has 0 atom stereocenters. The van der Waals surface area contributed by atoms with Gasteiger partial charge in [-0.15, -0.1) is 0 Å². The normalized spacial score (nSPS) is 9.54. The van der Waals surface area contributed by atoms with Gasteiger partial charge in [0.25, 0.3) is 0 Å². The van der Waals surface area contributed by atoms with Crippen LogP contribution in [-0.2, 0) is 19.0 Å². The molecule has 0 saturated heterocycles. The summed E-state index contributed by atoms with van der Waals surface area (Å²) in [7, 11) is 0. The molecule has 0 amide bonds. The molecule has 5 nitrogen and oxygen atoms in total. The van der Waals surface area contributed by atoms with Gasteiger partial charge in [0.1, 0.15) is 13.4 Å². The van der Waals surface area contributed by atoms with E-state index in [1.165, 1.54) is 6.26 Å². The molecule has 0 saturated carbocycles. The fourth-order valence-corrected chi connectivity index (χ4v) is 0.527. The summed E-state index contributed by atoms with van der Waals surface area (Å²) in [6.45, 7) is 4.43. The van der Waals surface area contributed by atoms with Crippen molar-refractivity contribution in [2.45, 2.75) is 6.42 Å². The van der Waals surface area contributed by atoms with Crippen molar-refractivity contribution in [2.75, 3.05) is 26.6 Å². The second-order valence-electron chi connectivity index (χ2n) is 2.12. The standard InChI is InChI=1S/C8H14O5/c1-2-11-5-6-13-7-12-4-3-8(9)10/h2H,1,3-7H2,(H,9,10). The van der Waals surface area contributed by atoms with Gasteiger partial charge in [-0.3, -0.25) is 4.79 Å². The minimum Gasteiger partial charge on any atom is -0.499 e. The Kier molecular flexibility index (Phi) is 8.28. The molecule has 0 rings (SSSR count). The Bertz CT molecular complexity index is 145. The highest BCUT2D eigenvalue weighted by molar-refractivity contribution is 5.66. The molecule has 0 aromatic rings. The minimum atomic E-state index is -0.880. The maximum Gasteiger partial charge on any atom is 0.305 e. The van der Waals surface area contributed by atoms with Crippen LogP contribution in [0.2, 0.25) is 0 Å². The van der Waals surface area contributed by atoms with Gasteiger partial charge in [-0.2, -0.15) is 0 Å². The first-order valence-electron chi connectivity index (χ1n) is 3.87. The molecule has 0 heterocycles. The van der Waals surface area contributed by atoms with Crippen LogP contribution in [0.15, 0.2) is 12.8 Å². The lowest BCUT2D eigenvalue weighted by atomic mass is 10.5. The SMILES string of the molecule is C=COCCOCOCCC(=O)O. The van der Waals surface area contributed by atoms with Gasteiger partial charge in [-0.25, -0.2) is 0 Å². The summed E-state index contributed by atoms with van der Waals surface area (Å²) in [6.07, 6.45) is 1.32. The van der Waals surface area contributed by atoms with Gasteiger partial charge < -0.3 is 19.3 Å². The second kappa shape index (κ2) is 9.02. The number of aliphatic carboxylic acids is 1. The van der Waals surface area contributed by atoms with Crippen LogP contribution in [0.25, 0.3) is 0 Å². The van der Waals surface area contributed by atoms with Crippen molar-refractivity contribution in [3.05, 3.63) is 12.8 Å². The lowest BCUT2D eigenvalue weighted by Crippen LogP contribution is -2.08. The van der Waals surface area contributed by atoms with Crippen LogP contribution in [0.1, 0.15) is 6.42 Å². The number of hydrogen-bond donors (Lipinski definition) is 1. The number of carboxylic acid groups (broad SMARTS) is 1. The third kappa shape index (κ3) is 10.9. The molecule has 0 radical (unpaired) electrons. The van der Waals surface area contributed by atoms with E-state index in [-0.39, 0.29) is 19.8 Å². The fraction of sp³-hybridized carbons (Fsp3) is 0.625. The highest BCUT2D eigenvalue weighted by Crippen LogP contribution is 1.84. The zero-order chi connectivity index (χ0) is 9.94. The average Bonchev–Trinajstić information content (AvgIpc) is 2.09. The van der Waals surface area contributed by atoms with Crippen LogP contribution in [0.5, 0.6) is 0 Å². The Labute approximate surface area is 76.9 Å². The Balaban J connectivity index is 2.91. The Hall–Kier alpha value is -1.07. The lowest BCUT2D eigenvalue weighted by Gasteiger charge is -2.03. The molecule has 0 unspecified atom stereocenters. The van der Waals surface area contributed by atoms with Crippen molar-refractivity contribution in [3.8, 4) is 0 Å². The summed E-state index contributed by atoms with van der Waals surface area (Å²) >= 11 is 0. The quantitative estimate of drug-likeness (QED) is 0.328. The summed E-state index contributed by atoms with van der Waals surface area (Å²) in [5, 5.41) is 8.23. The molecule has 1 N–H and O–H groups in total. The molecule has 0 fully saturated rings. The van der Waals surface area contributed by atoms with E-state index in [1.54, 1.807) is 0 Å². The Morgan fingerprint density at radius 2 is 2.00 bits per heavy atom. The highest BCUT2D eigenvalue weighted by Gasteiger charge is 1.95. The second-order valence-corrected chi connectivity index (χ2v) is 2.12. The smallest absolute Gasteiger partial charge is 0.305 e. The van der Waals surface area contributed by atoms with Crippen LogP contribution >= 0.6 is 0 Å². The Morgan fingerprint density at radius 1 is 1.31 bits per heavy atom. The first-order chi connectivity index (χ1) is 6.27. The first kappa shape index (κ1) is 11.9. The van der Waals surface area contributed by atoms with Crippen LogP contribution in [0.3, 0.4) is 0 Å². The molecule has 0 aliphatic carbocycles. The zero-order valence-electron chi connectivity index (χ0n) is 7.40. The van der Waals surface area contributed by atoms with E-state index in [0.717, 1.165) is 0 Å². The first-order valence-corrected chi connectivity index (χ1v) is 3.87. The Morgan fingerprint density at radius 3 is 2.62 bits per heavy atom. The van der Waals surface area contributed by atoms with Crippen molar-refractivity contribution < 1.29 is 24.1 Å². The van der Waals surface area contributed by atoms with E-state index in [1.807, 2.05) is 0 Å². The molecular weight excluding hydrogens is 176 g/mol. The molecule has 0 aliphatic rings. The van der Waals surface area contributed by atoms with Crippen molar-refractivity contribution in [3.63, 3.8) is 0 Å². The number of rotatable bonds is 9. The van der Waals surface area contributed by atoms with E-state index in [4.69, 9.17) is 19.3 Å². The maximum absolute atomic E-state index is 10.0. The van der Waals surface area contributed by atoms with E-state index >= 15 is 0 Å². The van der Waals surface area contributed by atoms with Crippen molar-refractivity contribution in [2.24, 2.45) is 0 Å². The van der Waals surface area contributed by atoms with Gasteiger partial charge >= 0.3 is 5.97 Å². The average molecular weight is 190 g/mol. The molecule has 0 spiro atoms. The predicted molar refractivity (Wildman–Crippen MR) is 45.2 cm³/mol. The summed E-state index contributed by atoms with van der Waals surface area (Å²) in [5.41, 5.74) is 0. The molecule has 5 heteroatoms. The molecule has 0 aliphatic heterocycles. The van der Waals surface area contributed by atoms with Gasteiger partial charge in [0.2, 0.25) is 0 Å². The third-order valence-electron chi connectivity index (χ3n) is 1.09. The maximum atomic E-state index is 10.0. The van der Waals surface area contributed by atoms with Crippen LogP contribution in [0, 0.1) is 0 Å². The summed E-state index contributed by atoms with van der Waals surface area (Å²) in [4.78, 5) is 10.0. The summed E-state index contributed by atoms with van der Waals surface area (Å²) < 4.78 is 14.5. The van der Waals surface area contributed by atoms with Gasteiger partial charge in [-0.1, -0.05) is 6.58 Å². The largest absolute Gasteiger partial charge is 0.499 e. The number of ether oxygens (including phenoxy) is 3. The third-order valence-corrected chi connectivity index (χ3v) is 1.09. The predicted octanol–water partition coefficient (Wildman–Crippen LogP) is 0.612. The van der Waals surface area contributed by atoms with Gasteiger partial charge in [0.05, 0.1) is 25.9 Å². The van der Waals surface area contributed by atoms with Gasteiger partial charge in [0.15, 0.2) is 0 Å². The van der Waals surface area contributed by atoms with E-state index in [0.29, 0.717) is 13.2 Å². The minimum absolute atomic E-state index is 0.00742. The molecule has 0 aromatic heterocycles. The topological polar surface area (TPSA) is 65.0 Å². The highest BCUT2D eigenvalue weighted by atomic mass is 16.7. The molecule has 13 heavy (non-hydrogen) atoms. The van der Waals surface area contributed by atoms with Crippen LogP contribution in [-0.4, -0.2) is 37.7 Å². The van der Waals surface area contributed by atoms with E-state index in [2.05, 4.69) is 6.58 Å². The summed E-state index contributed by atoms with van der Waals surface area (Å²) in [6, 6.07) is 0. The molecular formula is C8H14O5. The lowest BCUT2D eigenvalue weighted by molar-refractivity contribution is -0.139. The van der Waals surface area contributed by atoms with E-state index in [9.17, 15) is 4.79 Å². The van der Waals surface area contributed by atoms with Crippen molar-refractivity contribution in [1.29, 1.82) is 0 Å². The van der Waals surface area contributed by atoms with Crippen LogP contribution < -0.4 is 0 Å². The van der Waals surface area contributed by atoms with Crippen molar-refractivity contribution in [1.82, 2.24) is 0 Å².